The van der Waals surface area contributed by atoms with Crippen molar-refractivity contribution in [2.75, 3.05) is 50.7 Å². The first-order chi connectivity index (χ1) is 14.1. The molecule has 1 atom stereocenters. The van der Waals surface area contributed by atoms with E-state index in [0.717, 1.165) is 75.2 Å². The largest absolute Gasteiger partial charge is 0.346 e. The highest BCUT2D eigenvalue weighted by Gasteiger charge is 2.31. The lowest BCUT2D eigenvalue weighted by Gasteiger charge is -2.38. The molecule has 0 unspecified atom stereocenters. The zero-order chi connectivity index (χ0) is 20.2. The minimum atomic E-state index is -0.235. The van der Waals surface area contributed by atoms with E-state index in [1.807, 2.05) is 4.90 Å². The van der Waals surface area contributed by atoms with E-state index in [2.05, 4.69) is 26.1 Å². The molecule has 2 aromatic rings. The number of carbonyl (C=O) groups is 1. The molecule has 4 rings (SSSR count). The monoisotopic (exact) mass is 417 g/mol. The van der Waals surface area contributed by atoms with Crippen molar-refractivity contribution in [2.45, 2.75) is 26.2 Å². The molecule has 156 valence electrons. The Morgan fingerprint density at radius 1 is 1.17 bits per heavy atom. The summed E-state index contributed by atoms with van der Waals surface area (Å²) >= 11 is 1.39. The molecule has 29 heavy (non-hydrogen) atoms. The highest BCUT2D eigenvalue weighted by atomic mass is 32.1. The first-order valence-electron chi connectivity index (χ1n) is 10.5. The van der Waals surface area contributed by atoms with Crippen LogP contribution in [0.1, 0.15) is 31.2 Å². The van der Waals surface area contributed by atoms with Gasteiger partial charge in [0.25, 0.3) is 0 Å². The van der Waals surface area contributed by atoms with Gasteiger partial charge in [0, 0.05) is 57.2 Å². The van der Waals surface area contributed by atoms with Gasteiger partial charge in [0.15, 0.2) is 0 Å². The smallest absolute Gasteiger partial charge is 0.227 e. The topological polar surface area (TPSA) is 52.6 Å². The number of anilines is 1. The third-order valence-electron chi connectivity index (χ3n) is 5.91. The van der Waals surface area contributed by atoms with Crippen LogP contribution in [-0.2, 0) is 11.2 Å². The Labute approximate surface area is 175 Å². The van der Waals surface area contributed by atoms with Gasteiger partial charge >= 0.3 is 0 Å². The SMILES string of the molecule is CCN1CCN(C(=O)[C@H]2CCCN(c3nc(Cc4ccc(F)cc4)ns3)C2)CC1. The van der Waals surface area contributed by atoms with Gasteiger partial charge in [-0.2, -0.15) is 4.37 Å². The normalized spacial score (nSPS) is 20.8. The van der Waals surface area contributed by atoms with Gasteiger partial charge in [-0.3, -0.25) is 4.79 Å². The number of benzene rings is 1. The van der Waals surface area contributed by atoms with Crippen LogP contribution in [0.2, 0.25) is 0 Å². The van der Waals surface area contributed by atoms with Gasteiger partial charge in [-0.1, -0.05) is 19.1 Å². The number of carbonyl (C=O) groups excluding carboxylic acids is 1. The van der Waals surface area contributed by atoms with Gasteiger partial charge in [0.2, 0.25) is 11.0 Å². The van der Waals surface area contributed by atoms with Crippen LogP contribution >= 0.6 is 11.5 Å². The number of piperazine rings is 1. The van der Waals surface area contributed by atoms with Gasteiger partial charge in [-0.15, -0.1) is 0 Å². The molecule has 1 aromatic carbocycles. The summed E-state index contributed by atoms with van der Waals surface area (Å²) in [4.78, 5) is 24.3. The van der Waals surface area contributed by atoms with Crippen LogP contribution in [-0.4, -0.2) is 70.9 Å². The van der Waals surface area contributed by atoms with E-state index in [1.165, 1.54) is 23.7 Å². The summed E-state index contributed by atoms with van der Waals surface area (Å²) in [7, 11) is 0. The first-order valence-corrected chi connectivity index (χ1v) is 11.2. The molecule has 1 amide bonds. The molecule has 0 N–H and O–H groups in total. The van der Waals surface area contributed by atoms with Crippen LogP contribution in [0, 0.1) is 11.7 Å². The van der Waals surface area contributed by atoms with Crippen LogP contribution in [0.5, 0.6) is 0 Å². The Morgan fingerprint density at radius 2 is 1.93 bits per heavy atom. The number of hydrogen-bond donors (Lipinski definition) is 0. The minimum absolute atomic E-state index is 0.0429. The maximum absolute atomic E-state index is 13.1. The predicted octanol–water partition coefficient (Wildman–Crippen LogP) is 2.65. The lowest BCUT2D eigenvalue weighted by molar-refractivity contribution is -0.137. The van der Waals surface area contributed by atoms with Crippen LogP contribution in [0.15, 0.2) is 24.3 Å². The molecular weight excluding hydrogens is 389 g/mol. The Balaban J connectivity index is 1.35. The van der Waals surface area contributed by atoms with Gasteiger partial charge in [-0.25, -0.2) is 9.37 Å². The molecule has 0 aliphatic carbocycles. The highest BCUT2D eigenvalue weighted by molar-refractivity contribution is 7.09. The summed E-state index contributed by atoms with van der Waals surface area (Å²) in [5, 5.41) is 0.885. The van der Waals surface area contributed by atoms with Gasteiger partial charge in [0.1, 0.15) is 11.6 Å². The zero-order valence-electron chi connectivity index (χ0n) is 16.9. The van der Waals surface area contributed by atoms with Crippen LogP contribution in [0.3, 0.4) is 0 Å². The molecule has 1 aromatic heterocycles. The van der Waals surface area contributed by atoms with Crippen molar-refractivity contribution < 1.29 is 9.18 Å². The van der Waals surface area contributed by atoms with Crippen molar-refractivity contribution in [1.82, 2.24) is 19.2 Å². The molecule has 2 fully saturated rings. The molecule has 0 saturated carbocycles. The number of nitrogens with zero attached hydrogens (tertiary/aromatic N) is 5. The van der Waals surface area contributed by atoms with Crippen LogP contribution < -0.4 is 4.90 Å². The average Bonchev–Trinajstić information content (AvgIpc) is 3.23. The summed E-state index contributed by atoms with van der Waals surface area (Å²) in [6.45, 7) is 8.48. The molecular formula is C21H28FN5OS. The van der Waals surface area contributed by atoms with Gasteiger partial charge < -0.3 is 14.7 Å². The standard InChI is InChI=1S/C21H28FN5OS/c1-2-25-10-12-26(13-11-25)20(28)17-4-3-9-27(15-17)21-23-19(24-29-21)14-16-5-7-18(22)8-6-16/h5-8,17H,2-4,9-15H2,1H3/t17-/m0/s1. The van der Waals surface area contributed by atoms with E-state index in [0.29, 0.717) is 12.3 Å². The van der Waals surface area contributed by atoms with Crippen molar-refractivity contribution in [3.05, 3.63) is 41.5 Å². The maximum atomic E-state index is 13.1. The second-order valence-electron chi connectivity index (χ2n) is 7.84. The maximum Gasteiger partial charge on any atom is 0.227 e. The van der Waals surface area contributed by atoms with E-state index in [1.54, 1.807) is 12.1 Å². The molecule has 2 aliphatic rings. The Kier molecular flexibility index (Phi) is 6.40. The lowest BCUT2D eigenvalue weighted by atomic mass is 9.96. The fraction of sp³-hybridized carbons (Fsp3) is 0.571. The van der Waals surface area contributed by atoms with Crippen LogP contribution in [0.25, 0.3) is 0 Å². The van der Waals surface area contributed by atoms with E-state index < -0.39 is 0 Å². The van der Waals surface area contributed by atoms with Crippen molar-refractivity contribution >= 4 is 22.6 Å². The number of piperidine rings is 1. The van der Waals surface area contributed by atoms with Gasteiger partial charge in [-0.05, 0) is 37.1 Å². The molecule has 3 heterocycles. The van der Waals surface area contributed by atoms with Crippen molar-refractivity contribution in [3.8, 4) is 0 Å². The summed E-state index contributed by atoms with van der Waals surface area (Å²) < 4.78 is 17.6. The fourth-order valence-electron chi connectivity index (χ4n) is 4.12. The number of likely N-dealkylation sites (N-methyl/N-ethyl adjacent to an activating group) is 1. The molecule has 8 heteroatoms. The summed E-state index contributed by atoms with van der Waals surface area (Å²) in [6.07, 6.45) is 2.54. The minimum Gasteiger partial charge on any atom is -0.346 e. The molecule has 0 radical (unpaired) electrons. The number of amides is 1. The molecule has 0 bridgehead atoms. The fourth-order valence-corrected chi connectivity index (χ4v) is 4.84. The predicted molar refractivity (Wildman–Crippen MR) is 113 cm³/mol. The van der Waals surface area contributed by atoms with E-state index >= 15 is 0 Å². The second kappa shape index (κ2) is 9.17. The zero-order valence-corrected chi connectivity index (χ0v) is 17.7. The van der Waals surface area contributed by atoms with Crippen molar-refractivity contribution in [3.63, 3.8) is 0 Å². The van der Waals surface area contributed by atoms with Crippen molar-refractivity contribution in [2.24, 2.45) is 5.92 Å². The highest BCUT2D eigenvalue weighted by Crippen LogP contribution is 2.26. The molecule has 6 nitrogen and oxygen atoms in total. The Hall–Kier alpha value is -2.06. The summed E-state index contributed by atoms with van der Waals surface area (Å²) in [5.41, 5.74) is 0.994. The first kappa shape index (κ1) is 20.2. The Morgan fingerprint density at radius 3 is 2.66 bits per heavy atom. The quantitative estimate of drug-likeness (QED) is 0.749. The van der Waals surface area contributed by atoms with E-state index in [4.69, 9.17) is 0 Å². The third kappa shape index (κ3) is 4.93. The lowest BCUT2D eigenvalue weighted by Crippen LogP contribution is -2.52. The molecule has 2 aliphatic heterocycles. The molecule has 2 saturated heterocycles. The number of halogens is 1. The third-order valence-corrected chi connectivity index (χ3v) is 6.72. The summed E-state index contributed by atoms with van der Waals surface area (Å²) in [5.74, 6) is 0.851. The van der Waals surface area contributed by atoms with E-state index in [-0.39, 0.29) is 11.7 Å². The second-order valence-corrected chi connectivity index (χ2v) is 8.57. The summed E-state index contributed by atoms with van der Waals surface area (Å²) in [6, 6.07) is 6.46. The Bertz CT molecular complexity index is 819. The van der Waals surface area contributed by atoms with Crippen LogP contribution in [0.4, 0.5) is 9.52 Å². The average molecular weight is 418 g/mol. The number of rotatable bonds is 5. The van der Waals surface area contributed by atoms with Crippen molar-refractivity contribution in [1.29, 1.82) is 0 Å². The van der Waals surface area contributed by atoms with E-state index in [9.17, 15) is 9.18 Å². The number of aromatic nitrogens is 2. The van der Waals surface area contributed by atoms with Gasteiger partial charge in [0.05, 0.1) is 5.92 Å². The molecule has 0 spiro atoms. The number of hydrogen-bond acceptors (Lipinski definition) is 6.